The van der Waals surface area contributed by atoms with Gasteiger partial charge in [0.15, 0.2) is 0 Å². The molecule has 0 amide bonds. The van der Waals surface area contributed by atoms with Gasteiger partial charge in [-0.05, 0) is 18.6 Å². The lowest BCUT2D eigenvalue weighted by Gasteiger charge is -2.17. The topological polar surface area (TPSA) is 43.3 Å². The predicted octanol–water partition coefficient (Wildman–Crippen LogP) is 3.26. The minimum Gasteiger partial charge on any atom is -0.466 e. The number of hydrogen-bond acceptors (Lipinski definition) is 3. The third kappa shape index (κ3) is 3.00. The Balaban J connectivity index is 2.12. The van der Waals surface area contributed by atoms with Crippen molar-refractivity contribution < 1.29 is 22.7 Å². The highest BCUT2D eigenvalue weighted by atomic mass is 19.4. The molecule has 2 aromatic rings. The number of halogens is 3. The van der Waals surface area contributed by atoms with Crippen LogP contribution in [-0.2, 0) is 35.2 Å². The monoisotopic (exact) mass is 340 g/mol. The van der Waals surface area contributed by atoms with Gasteiger partial charge in [-0.15, -0.1) is 0 Å². The number of esters is 1. The van der Waals surface area contributed by atoms with Gasteiger partial charge in [0.05, 0.1) is 24.1 Å². The minimum atomic E-state index is -4.43. The van der Waals surface area contributed by atoms with E-state index in [2.05, 4.69) is 5.32 Å². The largest absolute Gasteiger partial charge is 0.466 e. The summed E-state index contributed by atoms with van der Waals surface area (Å²) in [5.74, 6) is -0.397. The molecule has 1 aliphatic rings. The number of nitrogens with one attached hydrogen (secondary N) is 1. The van der Waals surface area contributed by atoms with Gasteiger partial charge in [0, 0.05) is 37.1 Å². The van der Waals surface area contributed by atoms with Gasteiger partial charge in [-0.3, -0.25) is 4.79 Å². The molecule has 0 fully saturated rings. The van der Waals surface area contributed by atoms with Crippen LogP contribution >= 0.6 is 0 Å². The summed E-state index contributed by atoms with van der Waals surface area (Å²) in [6.07, 6.45) is -3.73. The van der Waals surface area contributed by atoms with E-state index in [1.54, 1.807) is 17.6 Å². The van der Waals surface area contributed by atoms with Gasteiger partial charge < -0.3 is 14.6 Å². The summed E-state index contributed by atoms with van der Waals surface area (Å²) in [4.78, 5) is 11.7. The molecule has 4 nitrogen and oxygen atoms in total. The van der Waals surface area contributed by atoms with Crippen molar-refractivity contribution in [2.75, 3.05) is 13.2 Å². The number of rotatable bonds is 4. The molecule has 130 valence electrons. The average Bonchev–Trinajstić information content (AvgIpc) is 2.86. The second-order valence-electron chi connectivity index (χ2n) is 5.76. The maximum Gasteiger partial charge on any atom is 0.418 e. The molecule has 0 radical (unpaired) electrons. The van der Waals surface area contributed by atoms with E-state index in [1.165, 1.54) is 6.07 Å². The second kappa shape index (κ2) is 6.47. The van der Waals surface area contributed by atoms with E-state index in [4.69, 9.17) is 4.74 Å². The molecule has 3 rings (SSSR count). The van der Waals surface area contributed by atoms with Crippen LogP contribution in [0.3, 0.4) is 0 Å². The van der Waals surface area contributed by atoms with Crippen LogP contribution in [0.1, 0.15) is 30.2 Å². The molecule has 2 heterocycles. The number of fused-ring (bicyclic) bond motifs is 3. The number of ether oxygens (including phenoxy) is 1. The molecule has 0 bridgehead atoms. The molecule has 0 atom stereocenters. The number of para-hydroxylation sites is 1. The molecule has 0 aliphatic carbocycles. The normalized spacial score (nSPS) is 14.7. The van der Waals surface area contributed by atoms with E-state index < -0.39 is 17.7 Å². The van der Waals surface area contributed by atoms with Gasteiger partial charge in [0.25, 0.3) is 0 Å². The molecule has 7 heteroatoms. The smallest absolute Gasteiger partial charge is 0.418 e. The lowest BCUT2D eigenvalue weighted by atomic mass is 10.0. The van der Waals surface area contributed by atoms with Crippen LogP contribution in [0.25, 0.3) is 10.9 Å². The summed E-state index contributed by atoms with van der Waals surface area (Å²) in [5.41, 5.74) is 1.29. The van der Waals surface area contributed by atoms with Gasteiger partial charge in [0.1, 0.15) is 0 Å². The van der Waals surface area contributed by atoms with Gasteiger partial charge >= 0.3 is 12.1 Å². The van der Waals surface area contributed by atoms with Crippen molar-refractivity contribution in [2.24, 2.45) is 0 Å². The quantitative estimate of drug-likeness (QED) is 0.869. The third-order valence-electron chi connectivity index (χ3n) is 4.30. The average molecular weight is 340 g/mol. The number of nitrogens with zero attached hydrogens (tertiary/aromatic N) is 1. The molecule has 0 saturated heterocycles. The molecule has 0 spiro atoms. The summed E-state index contributed by atoms with van der Waals surface area (Å²) >= 11 is 0. The highest BCUT2D eigenvalue weighted by Crippen LogP contribution is 2.38. The molecule has 1 aromatic heterocycles. The predicted molar refractivity (Wildman–Crippen MR) is 83.6 cm³/mol. The van der Waals surface area contributed by atoms with Crippen molar-refractivity contribution >= 4 is 16.9 Å². The first kappa shape index (κ1) is 16.8. The van der Waals surface area contributed by atoms with E-state index in [1.807, 2.05) is 0 Å². The van der Waals surface area contributed by atoms with Gasteiger partial charge in [-0.2, -0.15) is 13.2 Å². The van der Waals surface area contributed by atoms with Crippen LogP contribution in [0.15, 0.2) is 18.2 Å². The highest BCUT2D eigenvalue weighted by molar-refractivity contribution is 5.89. The van der Waals surface area contributed by atoms with Crippen molar-refractivity contribution in [3.8, 4) is 0 Å². The molecule has 0 saturated carbocycles. The Morgan fingerprint density at radius 2 is 2.17 bits per heavy atom. The lowest BCUT2D eigenvalue weighted by Crippen LogP contribution is -2.25. The van der Waals surface area contributed by atoms with Crippen molar-refractivity contribution in [1.29, 1.82) is 0 Å². The van der Waals surface area contributed by atoms with E-state index in [-0.39, 0.29) is 25.1 Å². The number of hydrogen-bond donors (Lipinski definition) is 1. The van der Waals surface area contributed by atoms with E-state index >= 15 is 0 Å². The Morgan fingerprint density at radius 1 is 1.38 bits per heavy atom. The number of alkyl halides is 3. The molecule has 1 aliphatic heterocycles. The fourth-order valence-electron chi connectivity index (χ4n) is 3.35. The first-order valence-corrected chi connectivity index (χ1v) is 8.00. The van der Waals surface area contributed by atoms with Gasteiger partial charge in [-0.25, -0.2) is 0 Å². The SMILES string of the molecule is CCOC(=O)CCn1c2c(c3cccc(C(F)(F)F)c31)CNCC2. The molecule has 1 N–H and O–H groups in total. The zero-order chi connectivity index (χ0) is 17.3. The fraction of sp³-hybridized carbons (Fsp3) is 0.471. The summed E-state index contributed by atoms with van der Waals surface area (Å²) in [6.45, 7) is 3.42. The lowest BCUT2D eigenvalue weighted by molar-refractivity contribution is -0.143. The number of carbonyl (C=O) groups is 1. The van der Waals surface area contributed by atoms with Crippen LogP contribution in [0.4, 0.5) is 13.2 Å². The minimum absolute atomic E-state index is 0.0592. The maximum absolute atomic E-state index is 13.5. The molecule has 0 unspecified atom stereocenters. The van der Waals surface area contributed by atoms with Crippen LogP contribution in [-0.4, -0.2) is 23.7 Å². The molecular formula is C17H19F3N2O2. The van der Waals surface area contributed by atoms with Crippen LogP contribution < -0.4 is 5.32 Å². The second-order valence-corrected chi connectivity index (χ2v) is 5.76. The molecular weight excluding hydrogens is 321 g/mol. The van der Waals surface area contributed by atoms with Crippen LogP contribution in [0, 0.1) is 0 Å². The van der Waals surface area contributed by atoms with Crippen molar-refractivity contribution in [3.05, 3.63) is 35.0 Å². The number of aromatic nitrogens is 1. The van der Waals surface area contributed by atoms with Crippen molar-refractivity contribution in [3.63, 3.8) is 0 Å². The Kier molecular flexibility index (Phi) is 4.54. The molecule has 1 aromatic carbocycles. The zero-order valence-electron chi connectivity index (χ0n) is 13.4. The Bertz CT molecular complexity index is 765. The van der Waals surface area contributed by atoms with Crippen LogP contribution in [0.5, 0.6) is 0 Å². The summed E-state index contributed by atoms with van der Waals surface area (Å²) in [7, 11) is 0. The first-order chi connectivity index (χ1) is 11.4. The van der Waals surface area contributed by atoms with Gasteiger partial charge in [0.2, 0.25) is 0 Å². The standard InChI is InChI=1S/C17H19F3N2O2/c1-2-24-15(23)7-9-22-14-6-8-21-10-12(14)11-4-3-5-13(16(11)22)17(18,19)20/h3-5,21H,2,6-10H2,1H3. The number of carbonyl (C=O) groups excluding carboxylic acids is 1. The number of aryl methyl sites for hydroxylation is 1. The fourth-order valence-corrected chi connectivity index (χ4v) is 3.35. The third-order valence-corrected chi connectivity index (χ3v) is 4.30. The Labute approximate surface area is 137 Å². The van der Waals surface area contributed by atoms with E-state index in [9.17, 15) is 18.0 Å². The highest BCUT2D eigenvalue weighted by Gasteiger charge is 2.35. The maximum atomic E-state index is 13.5. The molecule has 24 heavy (non-hydrogen) atoms. The zero-order valence-corrected chi connectivity index (χ0v) is 13.4. The Morgan fingerprint density at radius 3 is 2.88 bits per heavy atom. The van der Waals surface area contributed by atoms with Gasteiger partial charge in [-0.1, -0.05) is 12.1 Å². The Hall–Kier alpha value is -2.02. The summed E-state index contributed by atoms with van der Waals surface area (Å²) in [6, 6.07) is 4.26. The van der Waals surface area contributed by atoms with E-state index in [0.29, 0.717) is 24.9 Å². The first-order valence-electron chi connectivity index (χ1n) is 8.00. The van der Waals surface area contributed by atoms with Crippen molar-refractivity contribution in [1.82, 2.24) is 9.88 Å². The van der Waals surface area contributed by atoms with Crippen molar-refractivity contribution in [2.45, 2.75) is 39.0 Å². The number of benzene rings is 1. The summed E-state index contributed by atoms with van der Waals surface area (Å²) < 4.78 is 46.9. The van der Waals surface area contributed by atoms with Crippen LogP contribution in [0.2, 0.25) is 0 Å². The summed E-state index contributed by atoms with van der Waals surface area (Å²) in [5, 5.41) is 3.81. The van der Waals surface area contributed by atoms with E-state index in [0.717, 1.165) is 17.3 Å².